The van der Waals surface area contributed by atoms with Crippen LogP contribution in [0.25, 0.3) is 11.1 Å². The molecular formula is C13H13Na. The van der Waals surface area contributed by atoms with Gasteiger partial charge in [0, 0.05) is 0 Å². The van der Waals surface area contributed by atoms with E-state index in [-0.39, 0.29) is 29.6 Å². The fraction of sp³-hybridized carbons (Fsp3) is 0.0769. The monoisotopic (exact) mass is 192 g/mol. The maximum absolute atomic E-state index is 2.16. The summed E-state index contributed by atoms with van der Waals surface area (Å²) in [6.07, 6.45) is 0. The van der Waals surface area contributed by atoms with Crippen molar-refractivity contribution in [2.75, 3.05) is 0 Å². The van der Waals surface area contributed by atoms with Gasteiger partial charge in [0.15, 0.2) is 0 Å². The van der Waals surface area contributed by atoms with Gasteiger partial charge < -0.3 is 0 Å². The Morgan fingerprint density at radius 2 is 1.29 bits per heavy atom. The van der Waals surface area contributed by atoms with Crippen LogP contribution in [0, 0.1) is 6.92 Å². The summed E-state index contributed by atoms with van der Waals surface area (Å²) < 4.78 is 0. The molecule has 0 heterocycles. The number of hydrogen-bond acceptors (Lipinski definition) is 0. The van der Waals surface area contributed by atoms with Gasteiger partial charge in [-0.05, 0) is 23.6 Å². The Labute approximate surface area is 107 Å². The Bertz CT molecular complexity index is 393. The molecule has 0 spiro atoms. The molecule has 14 heavy (non-hydrogen) atoms. The van der Waals surface area contributed by atoms with Gasteiger partial charge in [0.05, 0.1) is 0 Å². The van der Waals surface area contributed by atoms with Crippen LogP contribution in [-0.4, -0.2) is 29.6 Å². The quantitative estimate of drug-likeness (QED) is 0.609. The standard InChI is InChI=1S/C13H12.Na.H/c1-11-7-5-6-10-13(11)12-8-3-2-4-9-12;;/h2-10H,1H3;;. The molecule has 0 nitrogen and oxygen atoms in total. The van der Waals surface area contributed by atoms with E-state index in [1.165, 1.54) is 16.7 Å². The van der Waals surface area contributed by atoms with Crippen LogP contribution in [0.4, 0.5) is 0 Å². The number of hydrogen-bond donors (Lipinski definition) is 0. The molecule has 0 aromatic heterocycles. The Morgan fingerprint density at radius 3 is 1.93 bits per heavy atom. The van der Waals surface area contributed by atoms with Gasteiger partial charge in [-0.15, -0.1) is 0 Å². The van der Waals surface area contributed by atoms with E-state index in [1.807, 2.05) is 6.07 Å². The zero-order valence-corrected chi connectivity index (χ0v) is 7.70. The summed E-state index contributed by atoms with van der Waals surface area (Å²) in [7, 11) is 0. The first-order chi connectivity index (χ1) is 6.38. The fourth-order valence-corrected chi connectivity index (χ4v) is 1.51. The minimum atomic E-state index is 0. The third-order valence-corrected chi connectivity index (χ3v) is 2.23. The molecule has 0 aliphatic carbocycles. The molecule has 66 valence electrons. The van der Waals surface area contributed by atoms with Crippen LogP contribution in [0.1, 0.15) is 5.56 Å². The van der Waals surface area contributed by atoms with Crippen molar-refractivity contribution in [3.05, 3.63) is 60.2 Å². The topological polar surface area (TPSA) is 0 Å². The zero-order chi connectivity index (χ0) is 9.10. The van der Waals surface area contributed by atoms with Crippen LogP contribution < -0.4 is 0 Å². The Kier molecular flexibility index (Phi) is 4.40. The van der Waals surface area contributed by atoms with E-state index >= 15 is 0 Å². The van der Waals surface area contributed by atoms with Crippen LogP contribution in [0.15, 0.2) is 54.6 Å². The van der Waals surface area contributed by atoms with Crippen molar-refractivity contribution < 1.29 is 0 Å². The average Bonchev–Trinajstić information content (AvgIpc) is 2.20. The molecule has 0 saturated carbocycles. The molecular weight excluding hydrogens is 179 g/mol. The van der Waals surface area contributed by atoms with Gasteiger partial charge in [0.2, 0.25) is 0 Å². The van der Waals surface area contributed by atoms with E-state index in [2.05, 4.69) is 55.5 Å². The summed E-state index contributed by atoms with van der Waals surface area (Å²) >= 11 is 0. The molecule has 0 unspecified atom stereocenters. The predicted octanol–water partition coefficient (Wildman–Crippen LogP) is 3.01. The minimum absolute atomic E-state index is 0. The third kappa shape index (κ3) is 2.48. The van der Waals surface area contributed by atoms with Crippen molar-refractivity contribution in [3.63, 3.8) is 0 Å². The molecule has 0 atom stereocenters. The van der Waals surface area contributed by atoms with Crippen molar-refractivity contribution in [1.29, 1.82) is 0 Å². The van der Waals surface area contributed by atoms with Crippen molar-refractivity contribution in [2.24, 2.45) is 0 Å². The van der Waals surface area contributed by atoms with Crippen LogP contribution in [0.3, 0.4) is 0 Å². The van der Waals surface area contributed by atoms with E-state index in [1.54, 1.807) is 0 Å². The van der Waals surface area contributed by atoms with Gasteiger partial charge in [-0.1, -0.05) is 54.6 Å². The van der Waals surface area contributed by atoms with Crippen LogP contribution in [0.2, 0.25) is 0 Å². The second-order valence-corrected chi connectivity index (χ2v) is 3.18. The van der Waals surface area contributed by atoms with Gasteiger partial charge in [-0.25, -0.2) is 0 Å². The van der Waals surface area contributed by atoms with E-state index in [9.17, 15) is 0 Å². The first kappa shape index (κ1) is 11.5. The van der Waals surface area contributed by atoms with E-state index in [0.717, 1.165) is 0 Å². The van der Waals surface area contributed by atoms with E-state index in [0.29, 0.717) is 0 Å². The Morgan fingerprint density at radius 1 is 0.714 bits per heavy atom. The van der Waals surface area contributed by atoms with Gasteiger partial charge in [0.25, 0.3) is 0 Å². The second-order valence-electron chi connectivity index (χ2n) is 3.18. The SMILES string of the molecule is Cc1ccccc1-c1ccccc1.[NaH]. The van der Waals surface area contributed by atoms with Gasteiger partial charge in [-0.3, -0.25) is 0 Å². The van der Waals surface area contributed by atoms with Gasteiger partial charge in [0.1, 0.15) is 0 Å². The average molecular weight is 192 g/mol. The summed E-state index contributed by atoms with van der Waals surface area (Å²) in [5.74, 6) is 0. The first-order valence-electron chi connectivity index (χ1n) is 4.49. The number of rotatable bonds is 1. The van der Waals surface area contributed by atoms with Gasteiger partial charge >= 0.3 is 29.6 Å². The van der Waals surface area contributed by atoms with Crippen LogP contribution >= 0.6 is 0 Å². The maximum atomic E-state index is 2.16. The predicted molar refractivity (Wildman–Crippen MR) is 63.8 cm³/mol. The van der Waals surface area contributed by atoms with E-state index in [4.69, 9.17) is 0 Å². The van der Waals surface area contributed by atoms with Gasteiger partial charge in [-0.2, -0.15) is 0 Å². The third-order valence-electron chi connectivity index (χ3n) is 2.23. The van der Waals surface area contributed by atoms with Crippen molar-refractivity contribution in [3.8, 4) is 11.1 Å². The molecule has 0 saturated heterocycles. The van der Waals surface area contributed by atoms with Crippen molar-refractivity contribution in [2.45, 2.75) is 6.92 Å². The molecule has 2 aromatic carbocycles. The zero-order valence-electron chi connectivity index (χ0n) is 7.70. The molecule has 0 fully saturated rings. The fourth-order valence-electron chi connectivity index (χ4n) is 1.51. The molecule has 1 heteroatoms. The molecule has 2 rings (SSSR count). The number of benzene rings is 2. The van der Waals surface area contributed by atoms with Crippen LogP contribution in [-0.2, 0) is 0 Å². The summed E-state index contributed by atoms with van der Waals surface area (Å²) in [5, 5.41) is 0. The first-order valence-corrected chi connectivity index (χ1v) is 4.49. The van der Waals surface area contributed by atoms with E-state index < -0.39 is 0 Å². The molecule has 2 aromatic rings. The molecule has 0 aliphatic rings. The molecule has 0 radical (unpaired) electrons. The molecule has 0 N–H and O–H groups in total. The van der Waals surface area contributed by atoms with Crippen LogP contribution in [0.5, 0.6) is 0 Å². The Balaban J connectivity index is 0.000000980. The Hall–Kier alpha value is -0.560. The summed E-state index contributed by atoms with van der Waals surface area (Å²) in [5.41, 5.74) is 3.94. The molecule has 0 aliphatic heterocycles. The van der Waals surface area contributed by atoms with Crippen molar-refractivity contribution in [1.82, 2.24) is 0 Å². The summed E-state index contributed by atoms with van der Waals surface area (Å²) in [6, 6.07) is 18.9. The number of aryl methyl sites for hydroxylation is 1. The molecule has 0 amide bonds. The summed E-state index contributed by atoms with van der Waals surface area (Å²) in [4.78, 5) is 0. The van der Waals surface area contributed by atoms with Crippen molar-refractivity contribution >= 4 is 29.6 Å². The molecule has 0 bridgehead atoms. The normalized spacial score (nSPS) is 9.21. The second kappa shape index (κ2) is 5.35. The summed E-state index contributed by atoms with van der Waals surface area (Å²) in [6.45, 7) is 2.14.